The van der Waals surface area contributed by atoms with Gasteiger partial charge in [-0.1, -0.05) is 25.5 Å². The van der Waals surface area contributed by atoms with Crippen LogP contribution < -0.4 is 0 Å². The average Bonchev–Trinajstić information content (AvgIpc) is 2.26. The predicted octanol–water partition coefficient (Wildman–Crippen LogP) is 4.09. The lowest BCUT2D eigenvalue weighted by molar-refractivity contribution is 0.0985. The van der Waals surface area contributed by atoms with Crippen molar-refractivity contribution in [1.29, 1.82) is 0 Å². The number of aryl methyl sites for hydroxylation is 1. The Bertz CT molecular complexity index is 344. The van der Waals surface area contributed by atoms with Crippen molar-refractivity contribution in [2.24, 2.45) is 0 Å². The first-order valence-corrected chi connectivity index (χ1v) is 6.44. The molecule has 2 heteroatoms. The third-order valence-corrected chi connectivity index (χ3v) is 3.50. The highest BCUT2D eigenvalue weighted by atomic mass is 32.2. The van der Waals surface area contributed by atoms with Gasteiger partial charge in [-0.2, -0.15) is 0 Å². The van der Waals surface area contributed by atoms with Crippen molar-refractivity contribution < 1.29 is 4.79 Å². The lowest BCUT2D eigenvalue weighted by atomic mass is 10.1. The van der Waals surface area contributed by atoms with Gasteiger partial charge in [0.15, 0.2) is 5.78 Å². The third kappa shape index (κ3) is 3.38. The first-order chi connectivity index (χ1) is 7.19. The van der Waals surface area contributed by atoms with Gasteiger partial charge in [0.1, 0.15) is 0 Å². The summed E-state index contributed by atoms with van der Waals surface area (Å²) in [6, 6.07) is 6.15. The fourth-order valence-corrected chi connectivity index (χ4v) is 2.31. The van der Waals surface area contributed by atoms with Crippen LogP contribution in [0, 0.1) is 6.92 Å². The smallest absolute Gasteiger partial charge is 0.163 e. The summed E-state index contributed by atoms with van der Waals surface area (Å²) in [5.41, 5.74) is 2.06. The molecular formula is C13H18OS. The molecule has 1 aromatic carbocycles. The van der Waals surface area contributed by atoms with Gasteiger partial charge < -0.3 is 0 Å². The second-order valence-electron chi connectivity index (χ2n) is 3.62. The molecule has 0 bridgehead atoms. The van der Waals surface area contributed by atoms with Crippen LogP contribution in [0.25, 0.3) is 0 Å². The van der Waals surface area contributed by atoms with Gasteiger partial charge in [0.05, 0.1) is 0 Å². The Hall–Kier alpha value is -0.760. The van der Waals surface area contributed by atoms with Gasteiger partial charge in [-0.05, 0) is 31.2 Å². The zero-order valence-corrected chi connectivity index (χ0v) is 10.5. The molecule has 0 aliphatic rings. The molecule has 0 spiro atoms. The zero-order valence-electron chi connectivity index (χ0n) is 9.67. The number of ketones is 1. The summed E-state index contributed by atoms with van der Waals surface area (Å²) in [6.45, 7) is 6.10. The molecule has 1 nitrogen and oxygen atoms in total. The quantitative estimate of drug-likeness (QED) is 0.551. The minimum Gasteiger partial charge on any atom is -0.294 e. The maximum Gasteiger partial charge on any atom is 0.163 e. The molecule has 0 aromatic heterocycles. The Labute approximate surface area is 96.3 Å². The van der Waals surface area contributed by atoms with Gasteiger partial charge in [0.2, 0.25) is 0 Å². The monoisotopic (exact) mass is 222 g/mol. The van der Waals surface area contributed by atoms with E-state index in [9.17, 15) is 4.79 Å². The summed E-state index contributed by atoms with van der Waals surface area (Å²) >= 11 is 1.78. The van der Waals surface area contributed by atoms with Crippen molar-refractivity contribution in [2.75, 3.05) is 5.75 Å². The highest BCUT2D eigenvalue weighted by Gasteiger charge is 2.09. The largest absolute Gasteiger partial charge is 0.294 e. The van der Waals surface area contributed by atoms with Crippen LogP contribution >= 0.6 is 11.8 Å². The SMILES string of the molecule is CCCSc1ccc(C)cc1C(=O)CC. The fourth-order valence-electron chi connectivity index (χ4n) is 1.39. The van der Waals surface area contributed by atoms with Crippen molar-refractivity contribution in [2.45, 2.75) is 38.5 Å². The standard InChI is InChI=1S/C13H18OS/c1-4-8-15-13-7-6-10(3)9-11(13)12(14)5-2/h6-7,9H,4-5,8H2,1-3H3. The number of benzene rings is 1. The molecular weight excluding hydrogens is 204 g/mol. The molecule has 0 N–H and O–H groups in total. The van der Waals surface area contributed by atoms with E-state index in [4.69, 9.17) is 0 Å². The van der Waals surface area contributed by atoms with Crippen molar-refractivity contribution in [1.82, 2.24) is 0 Å². The number of rotatable bonds is 5. The predicted molar refractivity (Wildman–Crippen MR) is 66.8 cm³/mol. The molecule has 1 aromatic rings. The van der Waals surface area contributed by atoms with E-state index in [0.29, 0.717) is 6.42 Å². The average molecular weight is 222 g/mol. The first-order valence-electron chi connectivity index (χ1n) is 5.45. The maximum absolute atomic E-state index is 11.7. The van der Waals surface area contributed by atoms with Crippen LogP contribution in [-0.2, 0) is 0 Å². The summed E-state index contributed by atoms with van der Waals surface area (Å²) < 4.78 is 0. The topological polar surface area (TPSA) is 17.1 Å². The molecule has 0 heterocycles. The van der Waals surface area contributed by atoms with Gasteiger partial charge in [-0.15, -0.1) is 11.8 Å². The molecule has 0 saturated carbocycles. The van der Waals surface area contributed by atoms with E-state index in [2.05, 4.69) is 19.1 Å². The number of hydrogen-bond donors (Lipinski definition) is 0. The van der Waals surface area contributed by atoms with E-state index in [1.54, 1.807) is 11.8 Å². The third-order valence-electron chi connectivity index (χ3n) is 2.22. The maximum atomic E-state index is 11.7. The van der Waals surface area contributed by atoms with Crippen molar-refractivity contribution >= 4 is 17.5 Å². The molecule has 0 aliphatic carbocycles. The first kappa shape index (κ1) is 12.3. The van der Waals surface area contributed by atoms with Crippen molar-refractivity contribution in [3.05, 3.63) is 29.3 Å². The van der Waals surface area contributed by atoms with E-state index >= 15 is 0 Å². The molecule has 0 amide bonds. The van der Waals surface area contributed by atoms with Gasteiger partial charge in [0.25, 0.3) is 0 Å². The van der Waals surface area contributed by atoms with E-state index in [1.807, 2.05) is 19.9 Å². The molecule has 15 heavy (non-hydrogen) atoms. The molecule has 0 radical (unpaired) electrons. The Morgan fingerprint density at radius 1 is 1.33 bits per heavy atom. The van der Waals surface area contributed by atoms with E-state index in [1.165, 1.54) is 0 Å². The Morgan fingerprint density at radius 3 is 2.67 bits per heavy atom. The number of hydrogen-bond acceptors (Lipinski definition) is 2. The van der Waals surface area contributed by atoms with Gasteiger partial charge in [-0.3, -0.25) is 4.79 Å². The highest BCUT2D eigenvalue weighted by Crippen LogP contribution is 2.25. The van der Waals surface area contributed by atoms with E-state index in [0.717, 1.165) is 28.2 Å². The second kappa shape index (κ2) is 5.96. The molecule has 0 fully saturated rings. The van der Waals surface area contributed by atoms with Gasteiger partial charge in [-0.25, -0.2) is 0 Å². The summed E-state index contributed by atoms with van der Waals surface area (Å²) in [5.74, 6) is 1.32. The van der Waals surface area contributed by atoms with Crippen molar-refractivity contribution in [3.63, 3.8) is 0 Å². The van der Waals surface area contributed by atoms with E-state index < -0.39 is 0 Å². The molecule has 0 aliphatic heterocycles. The number of carbonyl (C=O) groups excluding carboxylic acids is 1. The summed E-state index contributed by atoms with van der Waals surface area (Å²) in [5, 5.41) is 0. The fraction of sp³-hybridized carbons (Fsp3) is 0.462. The molecule has 82 valence electrons. The molecule has 0 unspecified atom stereocenters. The number of Topliss-reactive ketones (excluding diaryl/α,β-unsaturated/α-hetero) is 1. The minimum atomic E-state index is 0.248. The van der Waals surface area contributed by atoms with Crippen LogP contribution in [0.5, 0.6) is 0 Å². The summed E-state index contributed by atoms with van der Waals surface area (Å²) in [6.07, 6.45) is 1.72. The van der Waals surface area contributed by atoms with E-state index in [-0.39, 0.29) is 5.78 Å². The lowest BCUT2D eigenvalue weighted by Gasteiger charge is -2.07. The molecule has 0 saturated heterocycles. The summed E-state index contributed by atoms with van der Waals surface area (Å²) in [7, 11) is 0. The van der Waals surface area contributed by atoms with Crippen LogP contribution in [-0.4, -0.2) is 11.5 Å². The number of carbonyl (C=O) groups is 1. The van der Waals surface area contributed by atoms with Crippen LogP contribution in [0.1, 0.15) is 42.6 Å². The normalized spacial score (nSPS) is 10.3. The van der Waals surface area contributed by atoms with Crippen LogP contribution in [0.15, 0.2) is 23.1 Å². The van der Waals surface area contributed by atoms with Crippen LogP contribution in [0.4, 0.5) is 0 Å². The van der Waals surface area contributed by atoms with Crippen molar-refractivity contribution in [3.8, 4) is 0 Å². The minimum absolute atomic E-state index is 0.248. The van der Waals surface area contributed by atoms with Gasteiger partial charge in [0, 0.05) is 16.9 Å². The summed E-state index contributed by atoms with van der Waals surface area (Å²) in [4.78, 5) is 12.9. The lowest BCUT2D eigenvalue weighted by Crippen LogP contribution is -1.99. The van der Waals surface area contributed by atoms with Crippen LogP contribution in [0.2, 0.25) is 0 Å². The van der Waals surface area contributed by atoms with Gasteiger partial charge >= 0.3 is 0 Å². The number of thioether (sulfide) groups is 1. The Balaban J connectivity index is 2.97. The second-order valence-corrected chi connectivity index (χ2v) is 4.76. The Morgan fingerprint density at radius 2 is 2.07 bits per heavy atom. The Kier molecular flexibility index (Phi) is 4.89. The highest BCUT2D eigenvalue weighted by molar-refractivity contribution is 7.99. The zero-order chi connectivity index (χ0) is 11.3. The molecule has 1 rings (SSSR count). The molecule has 0 atom stereocenters. The van der Waals surface area contributed by atoms with Crippen LogP contribution in [0.3, 0.4) is 0 Å².